The number of fused-ring (bicyclic) bond motifs is 2. The van der Waals surface area contributed by atoms with E-state index in [1.165, 1.54) is 7.11 Å². The number of esters is 1. The lowest BCUT2D eigenvalue weighted by atomic mass is 9.65. The smallest absolute Gasteiger partial charge is 0.313 e. The molecule has 2 aliphatic rings. The Morgan fingerprint density at radius 2 is 2.06 bits per heavy atom. The summed E-state index contributed by atoms with van der Waals surface area (Å²) >= 11 is 6.90. The van der Waals surface area contributed by atoms with Gasteiger partial charge in [-0.1, -0.05) is 45.7 Å². The number of Topliss-reactive ketones (excluding diaryl/α,β-unsaturated/α-hetero) is 1. The Labute approximate surface area is 118 Å². The number of methoxy groups -OCH3 is 1. The molecule has 0 amide bonds. The predicted molar refractivity (Wildman–Crippen MR) is 71.4 cm³/mol. The lowest BCUT2D eigenvalue weighted by Gasteiger charge is -2.39. The first kappa shape index (κ1) is 13.5. The molecule has 0 heterocycles. The Morgan fingerprint density at radius 3 is 2.47 bits per heavy atom. The van der Waals surface area contributed by atoms with Crippen molar-refractivity contribution in [1.82, 2.24) is 0 Å². The van der Waals surface area contributed by atoms with E-state index < -0.39 is 15.7 Å². The highest BCUT2D eigenvalue weighted by atomic mass is 79.9. The van der Waals surface area contributed by atoms with Crippen LogP contribution in [-0.2, 0) is 14.3 Å². The summed E-state index contributed by atoms with van der Waals surface area (Å²) in [6, 6.07) is 0. The molecule has 5 heteroatoms. The minimum Gasteiger partial charge on any atom is -0.469 e. The normalized spacial score (nSPS) is 42.9. The molecular weight excluding hydrogens is 352 g/mol. The molecule has 3 nitrogen and oxygen atoms in total. The van der Waals surface area contributed by atoms with Crippen molar-refractivity contribution >= 4 is 43.6 Å². The fourth-order valence-electron chi connectivity index (χ4n) is 3.75. The molecule has 2 aliphatic carbocycles. The number of ether oxygens (including phenoxy) is 1. The van der Waals surface area contributed by atoms with Crippen LogP contribution >= 0.6 is 31.9 Å². The first-order valence-electron chi connectivity index (χ1n) is 5.64. The molecule has 0 radical (unpaired) electrons. The zero-order valence-corrected chi connectivity index (χ0v) is 13.4. The van der Waals surface area contributed by atoms with Crippen molar-refractivity contribution in [2.75, 3.05) is 12.4 Å². The van der Waals surface area contributed by atoms with Crippen molar-refractivity contribution in [2.24, 2.45) is 16.2 Å². The molecule has 2 rings (SSSR count). The third-order valence-electron chi connectivity index (χ3n) is 5.17. The molecule has 0 aromatic heterocycles. The highest BCUT2D eigenvalue weighted by molar-refractivity contribution is 9.10. The van der Waals surface area contributed by atoms with Crippen LogP contribution in [0.4, 0.5) is 0 Å². The topological polar surface area (TPSA) is 43.4 Å². The number of ketones is 1. The molecule has 0 spiro atoms. The molecule has 2 bridgehead atoms. The summed E-state index contributed by atoms with van der Waals surface area (Å²) in [6.45, 7) is 4.02. The van der Waals surface area contributed by atoms with Gasteiger partial charge in [-0.15, -0.1) is 0 Å². The average molecular weight is 368 g/mol. The van der Waals surface area contributed by atoms with Crippen molar-refractivity contribution in [2.45, 2.75) is 31.5 Å². The van der Waals surface area contributed by atoms with Gasteiger partial charge in [0, 0.05) is 10.7 Å². The lowest BCUT2D eigenvalue weighted by molar-refractivity contribution is -0.157. The van der Waals surface area contributed by atoms with Gasteiger partial charge in [-0.3, -0.25) is 9.59 Å². The molecule has 0 aromatic rings. The Kier molecular flexibility index (Phi) is 3.02. The van der Waals surface area contributed by atoms with E-state index in [1.54, 1.807) is 0 Å². The van der Waals surface area contributed by atoms with E-state index in [4.69, 9.17) is 4.74 Å². The van der Waals surface area contributed by atoms with Gasteiger partial charge in [0.2, 0.25) is 0 Å². The van der Waals surface area contributed by atoms with Crippen LogP contribution < -0.4 is 0 Å². The van der Waals surface area contributed by atoms with Crippen LogP contribution in [0, 0.1) is 16.2 Å². The summed E-state index contributed by atoms with van der Waals surface area (Å²) in [7, 11) is 1.39. The third kappa shape index (κ3) is 1.18. The number of carbonyl (C=O) groups is 2. The molecular formula is C12H16Br2O3. The largest absolute Gasteiger partial charge is 0.469 e. The average Bonchev–Trinajstić information content (AvgIpc) is 2.61. The summed E-state index contributed by atoms with van der Waals surface area (Å²) in [5.74, 6) is -0.130. The monoisotopic (exact) mass is 366 g/mol. The maximum absolute atomic E-state index is 12.5. The summed E-state index contributed by atoms with van der Waals surface area (Å²) < 4.78 is 4.96. The number of hydrogen-bond donors (Lipinski definition) is 0. The molecule has 2 fully saturated rings. The molecule has 0 unspecified atom stereocenters. The van der Waals surface area contributed by atoms with E-state index >= 15 is 0 Å². The maximum atomic E-state index is 12.5. The fraction of sp³-hybridized carbons (Fsp3) is 0.833. The lowest BCUT2D eigenvalue weighted by Crippen LogP contribution is -2.45. The van der Waals surface area contributed by atoms with Gasteiger partial charge in [0.05, 0.1) is 17.4 Å². The van der Waals surface area contributed by atoms with E-state index in [9.17, 15) is 9.59 Å². The molecule has 96 valence electrons. The predicted octanol–water partition coefficient (Wildman–Crippen LogP) is 2.69. The van der Waals surface area contributed by atoms with Crippen LogP contribution in [0.1, 0.15) is 26.7 Å². The zero-order chi connectivity index (χ0) is 13.1. The SMILES string of the molecule is COC(=O)[C@]12CC[C@](CBr)(C(=O)[C@H]1Br)C2(C)C. The summed E-state index contributed by atoms with van der Waals surface area (Å²) in [5, 5.41) is 0.604. The minimum atomic E-state index is -0.716. The van der Waals surface area contributed by atoms with E-state index in [0.29, 0.717) is 11.8 Å². The van der Waals surface area contributed by atoms with Gasteiger partial charge in [-0.2, -0.15) is 0 Å². The summed E-state index contributed by atoms with van der Waals surface area (Å²) in [6.07, 6.45) is 1.46. The Morgan fingerprint density at radius 1 is 1.47 bits per heavy atom. The Balaban J connectivity index is 2.63. The van der Waals surface area contributed by atoms with Crippen LogP contribution in [0.3, 0.4) is 0 Å². The first-order valence-corrected chi connectivity index (χ1v) is 7.68. The molecule has 0 saturated heterocycles. The third-order valence-corrected chi connectivity index (χ3v) is 7.32. The molecule has 3 atom stereocenters. The Hall–Kier alpha value is 0.1000. The van der Waals surface area contributed by atoms with E-state index in [-0.39, 0.29) is 17.2 Å². The van der Waals surface area contributed by atoms with Crippen molar-refractivity contribution in [3.05, 3.63) is 0 Å². The van der Waals surface area contributed by atoms with E-state index in [1.807, 2.05) is 13.8 Å². The van der Waals surface area contributed by atoms with Crippen molar-refractivity contribution in [3.63, 3.8) is 0 Å². The fourth-order valence-corrected chi connectivity index (χ4v) is 6.43. The van der Waals surface area contributed by atoms with Gasteiger partial charge in [0.15, 0.2) is 5.78 Å². The van der Waals surface area contributed by atoms with Crippen LogP contribution in [0.2, 0.25) is 0 Å². The second-order valence-corrected chi connectivity index (χ2v) is 7.01. The molecule has 17 heavy (non-hydrogen) atoms. The second-order valence-electron chi connectivity index (χ2n) is 5.53. The number of alkyl halides is 2. The van der Waals surface area contributed by atoms with E-state index in [2.05, 4.69) is 31.9 Å². The van der Waals surface area contributed by atoms with Crippen LogP contribution in [0.25, 0.3) is 0 Å². The van der Waals surface area contributed by atoms with Gasteiger partial charge in [0.25, 0.3) is 0 Å². The van der Waals surface area contributed by atoms with Gasteiger partial charge in [0.1, 0.15) is 0 Å². The highest BCUT2D eigenvalue weighted by Gasteiger charge is 2.78. The molecule has 0 N–H and O–H groups in total. The van der Waals surface area contributed by atoms with Crippen molar-refractivity contribution < 1.29 is 14.3 Å². The van der Waals surface area contributed by atoms with Crippen LogP contribution in [0.15, 0.2) is 0 Å². The second kappa shape index (κ2) is 3.80. The standard InChI is InChI=1S/C12H16Br2O3/c1-10(2)11(6-13)4-5-12(10,9(16)17-3)7(14)8(11)15/h7H,4-6H2,1-3H3/t7-,11+,12+/m1/s1. The Bertz CT molecular complexity index is 393. The number of rotatable bonds is 2. The maximum Gasteiger partial charge on any atom is 0.313 e. The number of carbonyl (C=O) groups excluding carboxylic acids is 2. The van der Waals surface area contributed by atoms with Crippen LogP contribution in [-0.4, -0.2) is 29.0 Å². The summed E-state index contributed by atoms with van der Waals surface area (Å²) in [5.41, 5.74) is -1.55. The van der Waals surface area contributed by atoms with E-state index in [0.717, 1.165) is 6.42 Å². The minimum absolute atomic E-state index is 0.135. The van der Waals surface area contributed by atoms with Gasteiger partial charge < -0.3 is 4.74 Å². The van der Waals surface area contributed by atoms with Gasteiger partial charge >= 0.3 is 5.97 Å². The van der Waals surface area contributed by atoms with Crippen LogP contribution in [0.5, 0.6) is 0 Å². The molecule has 2 saturated carbocycles. The molecule has 0 aliphatic heterocycles. The zero-order valence-electron chi connectivity index (χ0n) is 10.2. The first-order chi connectivity index (χ1) is 7.81. The van der Waals surface area contributed by atoms with Crippen molar-refractivity contribution in [3.8, 4) is 0 Å². The van der Waals surface area contributed by atoms with Gasteiger partial charge in [-0.05, 0) is 18.3 Å². The number of halogens is 2. The highest BCUT2D eigenvalue weighted by Crippen LogP contribution is 2.72. The van der Waals surface area contributed by atoms with Crippen molar-refractivity contribution in [1.29, 1.82) is 0 Å². The number of hydrogen-bond acceptors (Lipinski definition) is 3. The quantitative estimate of drug-likeness (QED) is 0.556. The summed E-state index contributed by atoms with van der Waals surface area (Å²) in [4.78, 5) is 24.3. The van der Waals surface area contributed by atoms with Gasteiger partial charge in [-0.25, -0.2) is 0 Å². The molecule has 0 aromatic carbocycles.